The summed E-state index contributed by atoms with van der Waals surface area (Å²) < 4.78 is 0. The minimum absolute atomic E-state index is 0.338. The largest absolute Gasteiger partial charge is 0.366 e. The Bertz CT molecular complexity index is 412. The molecule has 1 aliphatic carbocycles. The zero-order valence-electron chi connectivity index (χ0n) is 9.86. The molecular formula is C13H18N2O. The monoisotopic (exact) mass is 218 g/mol. The SMILES string of the molecule is CN(C)C1CCc2ccc(C(N)=O)cc2C1. The van der Waals surface area contributed by atoms with E-state index in [1.807, 2.05) is 18.2 Å². The zero-order chi connectivity index (χ0) is 11.7. The van der Waals surface area contributed by atoms with Gasteiger partial charge in [-0.2, -0.15) is 0 Å². The maximum atomic E-state index is 11.1. The van der Waals surface area contributed by atoms with Crippen molar-refractivity contribution >= 4 is 5.91 Å². The molecule has 3 heteroatoms. The Morgan fingerprint density at radius 3 is 2.75 bits per heavy atom. The average molecular weight is 218 g/mol. The second kappa shape index (κ2) is 4.26. The molecule has 0 aromatic heterocycles. The van der Waals surface area contributed by atoms with Crippen molar-refractivity contribution in [1.82, 2.24) is 4.90 Å². The van der Waals surface area contributed by atoms with Gasteiger partial charge < -0.3 is 10.6 Å². The van der Waals surface area contributed by atoms with Crippen LogP contribution in [0.2, 0.25) is 0 Å². The van der Waals surface area contributed by atoms with Crippen molar-refractivity contribution in [3.8, 4) is 0 Å². The van der Waals surface area contributed by atoms with Crippen LogP contribution in [-0.2, 0) is 12.8 Å². The van der Waals surface area contributed by atoms with E-state index >= 15 is 0 Å². The summed E-state index contributed by atoms with van der Waals surface area (Å²) in [5.41, 5.74) is 8.56. The number of aryl methyl sites for hydroxylation is 1. The molecule has 1 aromatic rings. The standard InChI is InChI=1S/C13H18N2O/c1-15(2)12-6-5-9-3-4-10(13(14)16)7-11(9)8-12/h3-4,7,12H,5-6,8H2,1-2H3,(H2,14,16). The van der Waals surface area contributed by atoms with Gasteiger partial charge in [0, 0.05) is 11.6 Å². The lowest BCUT2D eigenvalue weighted by atomic mass is 9.86. The van der Waals surface area contributed by atoms with Crippen LogP contribution < -0.4 is 5.73 Å². The van der Waals surface area contributed by atoms with Gasteiger partial charge in [-0.25, -0.2) is 0 Å². The van der Waals surface area contributed by atoms with Crippen molar-refractivity contribution in [2.75, 3.05) is 14.1 Å². The van der Waals surface area contributed by atoms with Crippen molar-refractivity contribution in [2.24, 2.45) is 5.73 Å². The first-order valence-electron chi connectivity index (χ1n) is 5.66. The molecular weight excluding hydrogens is 200 g/mol. The third kappa shape index (κ3) is 2.09. The Morgan fingerprint density at radius 1 is 1.38 bits per heavy atom. The molecule has 0 heterocycles. The number of rotatable bonds is 2. The average Bonchev–Trinajstić information content (AvgIpc) is 2.27. The maximum Gasteiger partial charge on any atom is 0.248 e. The molecule has 0 bridgehead atoms. The summed E-state index contributed by atoms with van der Waals surface area (Å²) in [7, 11) is 4.21. The van der Waals surface area contributed by atoms with E-state index in [0.29, 0.717) is 11.6 Å². The fourth-order valence-corrected chi connectivity index (χ4v) is 2.33. The Kier molecular flexibility index (Phi) is 2.97. The third-order valence-electron chi connectivity index (χ3n) is 3.42. The van der Waals surface area contributed by atoms with Gasteiger partial charge in [0.05, 0.1) is 0 Å². The first kappa shape index (κ1) is 11.1. The van der Waals surface area contributed by atoms with Crippen LogP contribution >= 0.6 is 0 Å². The molecule has 1 unspecified atom stereocenters. The number of nitrogens with zero attached hydrogens (tertiary/aromatic N) is 1. The second-order valence-corrected chi connectivity index (χ2v) is 4.71. The van der Waals surface area contributed by atoms with Gasteiger partial charge in [0.15, 0.2) is 0 Å². The number of nitrogens with two attached hydrogens (primary N) is 1. The minimum Gasteiger partial charge on any atom is -0.366 e. The summed E-state index contributed by atoms with van der Waals surface area (Å²) in [6, 6.07) is 6.40. The van der Waals surface area contributed by atoms with E-state index in [2.05, 4.69) is 19.0 Å². The number of likely N-dealkylation sites (N-methyl/N-ethyl adjacent to an activating group) is 1. The van der Waals surface area contributed by atoms with Crippen molar-refractivity contribution in [3.05, 3.63) is 34.9 Å². The topological polar surface area (TPSA) is 46.3 Å². The van der Waals surface area contributed by atoms with Gasteiger partial charge in [0.1, 0.15) is 0 Å². The second-order valence-electron chi connectivity index (χ2n) is 4.71. The minimum atomic E-state index is -0.338. The molecule has 1 amide bonds. The normalized spacial score (nSPS) is 19.6. The number of fused-ring (bicyclic) bond motifs is 1. The van der Waals surface area contributed by atoms with E-state index in [-0.39, 0.29) is 5.91 Å². The summed E-state index contributed by atoms with van der Waals surface area (Å²) in [4.78, 5) is 13.4. The van der Waals surface area contributed by atoms with Crippen LogP contribution in [0, 0.1) is 0 Å². The summed E-state index contributed by atoms with van der Waals surface area (Å²) in [5, 5.41) is 0. The lowest BCUT2D eigenvalue weighted by Crippen LogP contribution is -2.33. The van der Waals surface area contributed by atoms with Crippen LogP contribution in [0.1, 0.15) is 27.9 Å². The number of hydrogen-bond donors (Lipinski definition) is 1. The van der Waals surface area contributed by atoms with Crippen LogP contribution in [-0.4, -0.2) is 30.9 Å². The van der Waals surface area contributed by atoms with Crippen molar-refractivity contribution in [2.45, 2.75) is 25.3 Å². The summed E-state index contributed by atoms with van der Waals surface area (Å²) >= 11 is 0. The molecule has 0 saturated heterocycles. The van der Waals surface area contributed by atoms with Crippen LogP contribution in [0.15, 0.2) is 18.2 Å². The lowest BCUT2D eigenvalue weighted by molar-refractivity contribution is 0.1000. The van der Waals surface area contributed by atoms with Gasteiger partial charge in [-0.3, -0.25) is 4.79 Å². The predicted octanol–water partition coefficient (Wildman–Crippen LogP) is 1.20. The van der Waals surface area contributed by atoms with Gasteiger partial charge in [-0.1, -0.05) is 6.07 Å². The van der Waals surface area contributed by atoms with Crippen LogP contribution in [0.4, 0.5) is 0 Å². The molecule has 2 N–H and O–H groups in total. The molecule has 0 aliphatic heterocycles. The molecule has 3 nitrogen and oxygen atoms in total. The van der Waals surface area contributed by atoms with E-state index in [1.54, 1.807) is 0 Å². The van der Waals surface area contributed by atoms with Crippen molar-refractivity contribution in [3.63, 3.8) is 0 Å². The molecule has 1 aromatic carbocycles. The Balaban J connectivity index is 2.28. The van der Waals surface area contributed by atoms with E-state index in [9.17, 15) is 4.79 Å². The molecule has 86 valence electrons. The van der Waals surface area contributed by atoms with Crippen LogP contribution in [0.5, 0.6) is 0 Å². The molecule has 1 aliphatic rings. The number of carbonyl (C=O) groups is 1. The quantitative estimate of drug-likeness (QED) is 0.811. The fraction of sp³-hybridized carbons (Fsp3) is 0.462. The van der Waals surface area contributed by atoms with E-state index in [0.717, 1.165) is 12.8 Å². The summed E-state index contributed by atoms with van der Waals surface area (Å²) in [6.07, 6.45) is 3.30. The maximum absolute atomic E-state index is 11.1. The molecule has 16 heavy (non-hydrogen) atoms. The smallest absolute Gasteiger partial charge is 0.248 e. The van der Waals surface area contributed by atoms with Crippen molar-refractivity contribution in [1.29, 1.82) is 0 Å². The third-order valence-corrected chi connectivity index (χ3v) is 3.42. The van der Waals surface area contributed by atoms with Crippen LogP contribution in [0.25, 0.3) is 0 Å². The van der Waals surface area contributed by atoms with Gasteiger partial charge in [-0.05, 0) is 56.6 Å². The van der Waals surface area contributed by atoms with Crippen LogP contribution in [0.3, 0.4) is 0 Å². The van der Waals surface area contributed by atoms with Gasteiger partial charge >= 0.3 is 0 Å². The highest BCUT2D eigenvalue weighted by Gasteiger charge is 2.20. The van der Waals surface area contributed by atoms with E-state index in [1.165, 1.54) is 17.5 Å². The number of primary amides is 1. The highest BCUT2D eigenvalue weighted by Crippen LogP contribution is 2.24. The summed E-state index contributed by atoms with van der Waals surface area (Å²) in [6.45, 7) is 0. The van der Waals surface area contributed by atoms with Crippen molar-refractivity contribution < 1.29 is 4.79 Å². The highest BCUT2D eigenvalue weighted by molar-refractivity contribution is 5.93. The zero-order valence-corrected chi connectivity index (χ0v) is 9.86. The molecule has 0 saturated carbocycles. The Hall–Kier alpha value is -1.35. The Morgan fingerprint density at radius 2 is 2.12 bits per heavy atom. The number of carbonyl (C=O) groups excluding carboxylic acids is 1. The first-order chi connectivity index (χ1) is 7.58. The van der Waals surface area contributed by atoms with Gasteiger partial charge in [0.2, 0.25) is 5.91 Å². The number of amides is 1. The molecule has 2 rings (SSSR count). The van der Waals surface area contributed by atoms with Gasteiger partial charge in [0.25, 0.3) is 0 Å². The predicted molar refractivity (Wildman–Crippen MR) is 64.5 cm³/mol. The first-order valence-corrected chi connectivity index (χ1v) is 5.66. The molecule has 0 spiro atoms. The van der Waals surface area contributed by atoms with Gasteiger partial charge in [-0.15, -0.1) is 0 Å². The fourth-order valence-electron chi connectivity index (χ4n) is 2.33. The Labute approximate surface area is 96.2 Å². The lowest BCUT2D eigenvalue weighted by Gasteiger charge is -2.30. The number of benzene rings is 1. The highest BCUT2D eigenvalue weighted by atomic mass is 16.1. The molecule has 0 fully saturated rings. The van der Waals surface area contributed by atoms with E-state index < -0.39 is 0 Å². The molecule has 0 radical (unpaired) electrons. The summed E-state index contributed by atoms with van der Waals surface area (Å²) in [5.74, 6) is -0.338. The van der Waals surface area contributed by atoms with E-state index in [4.69, 9.17) is 5.73 Å². The number of hydrogen-bond acceptors (Lipinski definition) is 2. The molecule has 1 atom stereocenters.